The van der Waals surface area contributed by atoms with E-state index in [0.29, 0.717) is 62.6 Å². The van der Waals surface area contributed by atoms with Gasteiger partial charge in [0.15, 0.2) is 11.5 Å². The first kappa shape index (κ1) is 23.8. The second kappa shape index (κ2) is 9.59. The molecule has 0 saturated carbocycles. The van der Waals surface area contributed by atoms with E-state index >= 15 is 0 Å². The monoisotopic (exact) mass is 493 g/mol. The highest BCUT2D eigenvalue weighted by Crippen LogP contribution is 2.28. The number of oxazole rings is 1. The molecule has 0 aliphatic heterocycles. The van der Waals surface area contributed by atoms with Crippen molar-refractivity contribution in [2.45, 2.75) is 20.4 Å². The van der Waals surface area contributed by atoms with Gasteiger partial charge in [-0.2, -0.15) is 10.4 Å². The van der Waals surface area contributed by atoms with Crippen LogP contribution < -0.4 is 15.2 Å². The molecule has 0 spiro atoms. The van der Waals surface area contributed by atoms with Gasteiger partial charge in [0, 0.05) is 36.2 Å². The van der Waals surface area contributed by atoms with Crippen molar-refractivity contribution in [1.82, 2.24) is 14.8 Å². The minimum atomic E-state index is -0.417. The first-order valence-corrected chi connectivity index (χ1v) is 11.7. The van der Waals surface area contributed by atoms with E-state index in [9.17, 15) is 14.9 Å². The number of hydrogen-bond donors (Lipinski definition) is 0. The Morgan fingerprint density at radius 1 is 1.14 bits per heavy atom. The van der Waals surface area contributed by atoms with Gasteiger partial charge >= 0.3 is 0 Å². The highest BCUT2D eigenvalue weighted by molar-refractivity contribution is 5.97. The molecule has 5 rings (SSSR count). The molecule has 5 aromatic rings. The van der Waals surface area contributed by atoms with Crippen molar-refractivity contribution in [2.24, 2.45) is 0 Å². The van der Waals surface area contributed by atoms with E-state index in [4.69, 9.17) is 9.15 Å². The number of fused-ring (bicyclic) bond motifs is 2. The number of carbonyl (C=O) groups is 1. The summed E-state index contributed by atoms with van der Waals surface area (Å²) in [4.78, 5) is 32.8. The average molecular weight is 494 g/mol. The van der Waals surface area contributed by atoms with Crippen molar-refractivity contribution in [1.29, 1.82) is 5.26 Å². The van der Waals surface area contributed by atoms with Crippen LogP contribution in [0.4, 0.5) is 5.69 Å². The minimum absolute atomic E-state index is 0.280. The summed E-state index contributed by atoms with van der Waals surface area (Å²) in [5.41, 5.74) is 3.11. The molecular weight excluding hydrogens is 470 g/mol. The third kappa shape index (κ3) is 4.41. The van der Waals surface area contributed by atoms with Gasteiger partial charge in [0.2, 0.25) is 5.91 Å². The zero-order valence-corrected chi connectivity index (χ0v) is 20.6. The molecule has 3 aromatic carbocycles. The van der Waals surface area contributed by atoms with Gasteiger partial charge in [-0.3, -0.25) is 9.59 Å². The Balaban J connectivity index is 1.60. The number of methoxy groups -OCH3 is 1. The Bertz CT molecular complexity index is 1760. The number of ether oxygens (including phenoxy) is 1. The molecule has 0 radical (unpaired) electrons. The van der Waals surface area contributed by atoms with Crippen LogP contribution in [-0.4, -0.2) is 34.3 Å². The van der Waals surface area contributed by atoms with Gasteiger partial charge in [-0.15, -0.1) is 0 Å². The van der Waals surface area contributed by atoms with Gasteiger partial charge in [-0.05, 0) is 49.4 Å². The number of rotatable bonds is 6. The number of nitriles is 1. The standard InChI is InChI=1S/C28H23N5O4/c1-4-32(20-8-11-24-25(13-20)37-17(2)30-24)26(34)16-33-28(35)23-14-21(36-3)9-10-22(23)27(31-33)19-7-5-6-18(12-19)15-29/h5-14H,4,16H2,1-3H3. The van der Waals surface area contributed by atoms with Gasteiger partial charge < -0.3 is 14.1 Å². The lowest BCUT2D eigenvalue weighted by molar-refractivity contribution is -0.119. The summed E-state index contributed by atoms with van der Waals surface area (Å²) in [6.45, 7) is 3.72. The average Bonchev–Trinajstić information content (AvgIpc) is 3.29. The van der Waals surface area contributed by atoms with Crippen LogP contribution in [0.3, 0.4) is 0 Å². The number of aromatic nitrogens is 3. The second-order valence-corrected chi connectivity index (χ2v) is 8.44. The predicted octanol–water partition coefficient (Wildman–Crippen LogP) is 4.45. The van der Waals surface area contributed by atoms with E-state index in [0.717, 1.165) is 4.68 Å². The van der Waals surface area contributed by atoms with E-state index in [2.05, 4.69) is 16.2 Å². The third-order valence-electron chi connectivity index (χ3n) is 6.13. The Morgan fingerprint density at radius 2 is 1.97 bits per heavy atom. The molecule has 184 valence electrons. The molecule has 0 aliphatic rings. The molecule has 0 saturated heterocycles. The molecule has 0 bridgehead atoms. The lowest BCUT2D eigenvalue weighted by atomic mass is 10.0. The van der Waals surface area contributed by atoms with Crippen LogP contribution in [0, 0.1) is 18.3 Å². The van der Waals surface area contributed by atoms with Gasteiger partial charge in [0.1, 0.15) is 17.8 Å². The van der Waals surface area contributed by atoms with Crippen LogP contribution in [0.5, 0.6) is 5.75 Å². The van der Waals surface area contributed by atoms with E-state index < -0.39 is 5.56 Å². The predicted molar refractivity (Wildman–Crippen MR) is 139 cm³/mol. The van der Waals surface area contributed by atoms with Gasteiger partial charge in [-0.25, -0.2) is 9.67 Å². The fourth-order valence-corrected chi connectivity index (χ4v) is 4.36. The minimum Gasteiger partial charge on any atom is -0.497 e. The van der Waals surface area contributed by atoms with E-state index in [1.165, 1.54) is 7.11 Å². The van der Waals surface area contributed by atoms with Crippen LogP contribution in [0.25, 0.3) is 33.1 Å². The molecule has 0 unspecified atom stereocenters. The molecule has 2 aromatic heterocycles. The molecule has 9 heteroatoms. The molecule has 0 atom stereocenters. The number of carbonyl (C=O) groups excluding carboxylic acids is 1. The smallest absolute Gasteiger partial charge is 0.275 e. The molecular formula is C28H23N5O4. The lowest BCUT2D eigenvalue weighted by Crippen LogP contribution is -2.37. The number of aryl methyl sites for hydroxylation is 1. The summed E-state index contributed by atoms with van der Waals surface area (Å²) in [7, 11) is 1.52. The molecule has 2 heterocycles. The highest BCUT2D eigenvalue weighted by atomic mass is 16.5. The van der Waals surface area contributed by atoms with Crippen LogP contribution in [0.1, 0.15) is 18.4 Å². The number of benzene rings is 3. The highest BCUT2D eigenvalue weighted by Gasteiger charge is 2.20. The fraction of sp³-hybridized carbons (Fsp3) is 0.179. The summed E-state index contributed by atoms with van der Waals surface area (Å²) in [5.74, 6) is 0.736. The number of amides is 1. The Kier molecular flexibility index (Phi) is 6.15. The third-order valence-corrected chi connectivity index (χ3v) is 6.13. The lowest BCUT2D eigenvalue weighted by Gasteiger charge is -2.21. The molecule has 0 N–H and O–H groups in total. The maximum absolute atomic E-state index is 13.5. The summed E-state index contributed by atoms with van der Waals surface area (Å²) >= 11 is 0. The van der Waals surface area contributed by atoms with E-state index in [1.54, 1.807) is 66.4 Å². The quantitative estimate of drug-likeness (QED) is 0.343. The van der Waals surface area contributed by atoms with Crippen molar-refractivity contribution in [2.75, 3.05) is 18.6 Å². The number of likely N-dealkylation sites (N-methyl/N-ethyl adjacent to an activating group) is 1. The zero-order valence-electron chi connectivity index (χ0n) is 20.6. The van der Waals surface area contributed by atoms with Crippen molar-refractivity contribution in [3.63, 3.8) is 0 Å². The van der Waals surface area contributed by atoms with Gasteiger partial charge in [-0.1, -0.05) is 12.1 Å². The summed E-state index contributed by atoms with van der Waals surface area (Å²) in [6, 6.07) is 19.6. The SMILES string of the molecule is CCN(C(=O)Cn1nc(-c2cccc(C#N)c2)c2ccc(OC)cc2c1=O)c1ccc2nc(C)oc2c1. The number of hydrogen-bond acceptors (Lipinski definition) is 7. The van der Waals surface area contributed by atoms with Crippen molar-refractivity contribution in [3.8, 4) is 23.1 Å². The number of nitrogens with zero attached hydrogens (tertiary/aromatic N) is 5. The molecule has 1 amide bonds. The van der Waals surface area contributed by atoms with Gasteiger partial charge in [0.25, 0.3) is 5.56 Å². The van der Waals surface area contributed by atoms with Crippen molar-refractivity contribution < 1.29 is 13.9 Å². The number of anilines is 1. The largest absolute Gasteiger partial charge is 0.497 e. The van der Waals surface area contributed by atoms with Crippen LogP contribution >= 0.6 is 0 Å². The van der Waals surface area contributed by atoms with Crippen molar-refractivity contribution in [3.05, 3.63) is 82.5 Å². The first-order chi connectivity index (χ1) is 17.9. The molecule has 9 nitrogen and oxygen atoms in total. The van der Waals surface area contributed by atoms with Crippen molar-refractivity contribution >= 4 is 33.5 Å². The molecule has 0 aliphatic carbocycles. The molecule has 37 heavy (non-hydrogen) atoms. The second-order valence-electron chi connectivity index (χ2n) is 8.44. The Hall–Kier alpha value is -4.97. The van der Waals surface area contributed by atoms with E-state index in [1.807, 2.05) is 13.0 Å². The molecule has 0 fully saturated rings. The Morgan fingerprint density at radius 3 is 2.73 bits per heavy atom. The van der Waals surface area contributed by atoms with E-state index in [-0.39, 0.29) is 12.5 Å². The maximum Gasteiger partial charge on any atom is 0.275 e. The zero-order chi connectivity index (χ0) is 26.1. The topological polar surface area (TPSA) is 114 Å². The normalized spacial score (nSPS) is 11.0. The van der Waals surface area contributed by atoms with Crippen LogP contribution in [0.2, 0.25) is 0 Å². The summed E-state index contributed by atoms with van der Waals surface area (Å²) < 4.78 is 12.1. The first-order valence-electron chi connectivity index (χ1n) is 11.7. The maximum atomic E-state index is 13.5. The van der Waals surface area contributed by atoms with Gasteiger partial charge in [0.05, 0.1) is 29.8 Å². The van der Waals surface area contributed by atoms with Crippen LogP contribution in [-0.2, 0) is 11.3 Å². The fourth-order valence-electron chi connectivity index (χ4n) is 4.36. The summed E-state index contributed by atoms with van der Waals surface area (Å²) in [6.07, 6.45) is 0. The Labute approximate surface area is 212 Å². The van der Waals surface area contributed by atoms with Crippen LogP contribution in [0.15, 0.2) is 69.9 Å². The summed E-state index contributed by atoms with van der Waals surface area (Å²) in [5, 5.41) is 14.9.